The van der Waals surface area contributed by atoms with Crippen LogP contribution < -0.4 is 9.88 Å². The van der Waals surface area contributed by atoms with E-state index in [9.17, 15) is 18.5 Å². The molecular formula is C10H14N2O5S. The van der Waals surface area contributed by atoms with Crippen molar-refractivity contribution in [3.8, 4) is 5.75 Å². The second-order valence-electron chi connectivity index (χ2n) is 3.78. The molecule has 0 aliphatic carbocycles. The molecule has 1 rings (SSSR count). The summed E-state index contributed by atoms with van der Waals surface area (Å²) in [5.41, 5.74) is 0.615. The molecule has 1 aromatic carbocycles. The van der Waals surface area contributed by atoms with Crippen LogP contribution in [0.4, 0.5) is 5.69 Å². The Morgan fingerprint density at radius 1 is 1.44 bits per heavy atom. The number of aryl methyl sites for hydroxylation is 1. The van der Waals surface area contributed by atoms with Crippen molar-refractivity contribution in [2.24, 2.45) is 5.14 Å². The van der Waals surface area contributed by atoms with E-state index in [2.05, 4.69) is 0 Å². The van der Waals surface area contributed by atoms with E-state index in [1.165, 1.54) is 18.2 Å². The van der Waals surface area contributed by atoms with Crippen molar-refractivity contribution in [2.45, 2.75) is 13.3 Å². The molecule has 0 unspecified atom stereocenters. The molecule has 0 aliphatic rings. The topological polar surface area (TPSA) is 113 Å². The van der Waals surface area contributed by atoms with Gasteiger partial charge >= 0.3 is 0 Å². The normalized spacial score (nSPS) is 11.2. The molecule has 7 nitrogen and oxygen atoms in total. The molecule has 0 radical (unpaired) electrons. The fraction of sp³-hybridized carbons (Fsp3) is 0.400. The van der Waals surface area contributed by atoms with E-state index in [1.54, 1.807) is 6.92 Å². The highest BCUT2D eigenvalue weighted by atomic mass is 32.2. The van der Waals surface area contributed by atoms with Crippen LogP contribution in [0.2, 0.25) is 0 Å². The highest BCUT2D eigenvalue weighted by Crippen LogP contribution is 2.23. The van der Waals surface area contributed by atoms with Crippen LogP contribution in [0.5, 0.6) is 5.75 Å². The molecule has 2 N–H and O–H groups in total. The number of nitro groups is 1. The number of nitro benzene ring substituents is 1. The summed E-state index contributed by atoms with van der Waals surface area (Å²) in [7, 11) is -3.48. The Kier molecular flexibility index (Phi) is 4.62. The van der Waals surface area contributed by atoms with Gasteiger partial charge in [-0.1, -0.05) is 0 Å². The minimum Gasteiger partial charge on any atom is -0.493 e. The first-order valence-corrected chi connectivity index (χ1v) is 6.89. The van der Waals surface area contributed by atoms with Crippen molar-refractivity contribution in [3.05, 3.63) is 33.9 Å². The van der Waals surface area contributed by atoms with Crippen LogP contribution >= 0.6 is 0 Å². The van der Waals surface area contributed by atoms with Gasteiger partial charge in [0.25, 0.3) is 5.69 Å². The third kappa shape index (κ3) is 4.68. The number of hydrogen-bond donors (Lipinski definition) is 1. The van der Waals surface area contributed by atoms with Crippen LogP contribution in [0, 0.1) is 17.0 Å². The molecule has 0 aromatic heterocycles. The molecule has 0 bridgehead atoms. The van der Waals surface area contributed by atoms with E-state index >= 15 is 0 Å². The third-order valence-electron chi connectivity index (χ3n) is 2.20. The van der Waals surface area contributed by atoms with Gasteiger partial charge in [-0.3, -0.25) is 10.1 Å². The van der Waals surface area contributed by atoms with Gasteiger partial charge < -0.3 is 4.74 Å². The molecule has 0 saturated carbocycles. The number of primary sulfonamides is 1. The Bertz CT molecular complexity index is 541. The summed E-state index contributed by atoms with van der Waals surface area (Å²) in [6.07, 6.45) is 0.273. The van der Waals surface area contributed by atoms with Gasteiger partial charge in [0, 0.05) is 12.1 Å². The third-order valence-corrected chi connectivity index (χ3v) is 3.06. The van der Waals surface area contributed by atoms with Gasteiger partial charge in [0.1, 0.15) is 5.75 Å². The first kappa shape index (κ1) is 14.4. The van der Waals surface area contributed by atoms with E-state index in [-0.39, 0.29) is 24.5 Å². The van der Waals surface area contributed by atoms with Crippen molar-refractivity contribution in [2.75, 3.05) is 12.4 Å². The maximum absolute atomic E-state index is 10.7. The van der Waals surface area contributed by atoms with Crippen LogP contribution in [-0.2, 0) is 10.0 Å². The predicted octanol–water partition coefficient (Wildman–Crippen LogP) is 0.961. The first-order chi connectivity index (χ1) is 8.29. The number of nitrogens with zero attached hydrogens (tertiary/aromatic N) is 1. The molecule has 8 heteroatoms. The molecule has 1 aromatic rings. The Hall–Kier alpha value is -1.67. The maximum atomic E-state index is 10.7. The lowest BCUT2D eigenvalue weighted by molar-refractivity contribution is -0.384. The van der Waals surface area contributed by atoms with E-state index in [4.69, 9.17) is 9.88 Å². The van der Waals surface area contributed by atoms with Gasteiger partial charge in [0.05, 0.1) is 17.3 Å². The summed E-state index contributed by atoms with van der Waals surface area (Å²) in [6.45, 7) is 1.87. The Morgan fingerprint density at radius 3 is 2.61 bits per heavy atom. The minimum absolute atomic E-state index is 0.00983. The van der Waals surface area contributed by atoms with Crippen LogP contribution in [0.1, 0.15) is 12.0 Å². The minimum atomic E-state index is -3.48. The van der Waals surface area contributed by atoms with E-state index in [0.29, 0.717) is 11.3 Å². The number of rotatable bonds is 6. The Balaban J connectivity index is 2.56. The molecular weight excluding hydrogens is 260 g/mol. The fourth-order valence-corrected chi connectivity index (χ4v) is 1.87. The summed E-state index contributed by atoms with van der Waals surface area (Å²) < 4.78 is 26.7. The predicted molar refractivity (Wildman–Crippen MR) is 65.9 cm³/mol. The molecule has 0 spiro atoms. The first-order valence-electron chi connectivity index (χ1n) is 5.18. The number of non-ortho nitro benzene ring substituents is 1. The highest BCUT2D eigenvalue weighted by molar-refractivity contribution is 7.89. The summed E-state index contributed by atoms with van der Waals surface area (Å²) >= 11 is 0. The monoisotopic (exact) mass is 274 g/mol. The number of benzene rings is 1. The summed E-state index contributed by atoms with van der Waals surface area (Å²) in [4.78, 5) is 10.0. The zero-order valence-electron chi connectivity index (χ0n) is 9.83. The van der Waals surface area contributed by atoms with Crippen LogP contribution in [0.15, 0.2) is 18.2 Å². The van der Waals surface area contributed by atoms with E-state index < -0.39 is 14.9 Å². The second kappa shape index (κ2) is 5.78. The molecule has 0 fully saturated rings. The zero-order valence-corrected chi connectivity index (χ0v) is 10.6. The Morgan fingerprint density at radius 2 is 2.11 bits per heavy atom. The molecule has 18 heavy (non-hydrogen) atoms. The van der Waals surface area contributed by atoms with Gasteiger partial charge in [-0.2, -0.15) is 0 Å². The molecule has 100 valence electrons. The Labute approximate surface area is 105 Å². The number of sulfonamides is 1. The fourth-order valence-electron chi connectivity index (χ4n) is 1.35. The SMILES string of the molecule is Cc1cc([N+](=O)[O-])ccc1OCCCS(N)(=O)=O. The van der Waals surface area contributed by atoms with Crippen LogP contribution in [0.3, 0.4) is 0 Å². The standard InChI is InChI=1S/C10H14N2O5S/c1-8-7-9(12(13)14)3-4-10(8)17-5-2-6-18(11,15)16/h3-4,7H,2,5-6H2,1H3,(H2,11,15,16). The van der Waals surface area contributed by atoms with Crippen molar-refractivity contribution < 1.29 is 18.1 Å². The van der Waals surface area contributed by atoms with Gasteiger partial charge in [-0.05, 0) is 25.0 Å². The number of hydrogen-bond acceptors (Lipinski definition) is 5. The van der Waals surface area contributed by atoms with Crippen molar-refractivity contribution in [3.63, 3.8) is 0 Å². The molecule has 0 aliphatic heterocycles. The maximum Gasteiger partial charge on any atom is 0.269 e. The lowest BCUT2D eigenvalue weighted by Gasteiger charge is -2.08. The molecule has 0 heterocycles. The summed E-state index contributed by atoms with van der Waals surface area (Å²) in [5, 5.41) is 15.4. The van der Waals surface area contributed by atoms with Gasteiger partial charge in [-0.25, -0.2) is 13.6 Å². The van der Waals surface area contributed by atoms with E-state index in [0.717, 1.165) is 0 Å². The number of nitrogens with two attached hydrogens (primary N) is 1. The average molecular weight is 274 g/mol. The average Bonchev–Trinajstić information content (AvgIpc) is 2.24. The summed E-state index contributed by atoms with van der Waals surface area (Å²) in [6, 6.07) is 4.22. The number of ether oxygens (including phenoxy) is 1. The second-order valence-corrected chi connectivity index (χ2v) is 5.51. The van der Waals surface area contributed by atoms with Crippen LogP contribution in [0.25, 0.3) is 0 Å². The van der Waals surface area contributed by atoms with Crippen LogP contribution in [-0.4, -0.2) is 25.7 Å². The smallest absolute Gasteiger partial charge is 0.269 e. The largest absolute Gasteiger partial charge is 0.493 e. The molecule has 0 saturated heterocycles. The van der Waals surface area contributed by atoms with Gasteiger partial charge in [0.2, 0.25) is 10.0 Å². The zero-order chi connectivity index (χ0) is 13.8. The lowest BCUT2D eigenvalue weighted by atomic mass is 10.2. The van der Waals surface area contributed by atoms with Crippen molar-refractivity contribution in [1.82, 2.24) is 0 Å². The van der Waals surface area contributed by atoms with Crippen molar-refractivity contribution >= 4 is 15.7 Å². The quantitative estimate of drug-likeness (QED) is 0.471. The van der Waals surface area contributed by atoms with Crippen molar-refractivity contribution in [1.29, 1.82) is 0 Å². The summed E-state index contributed by atoms with van der Waals surface area (Å²) in [5.74, 6) is 0.342. The lowest BCUT2D eigenvalue weighted by Crippen LogP contribution is -2.18. The van der Waals surface area contributed by atoms with Gasteiger partial charge in [0.15, 0.2) is 0 Å². The van der Waals surface area contributed by atoms with Gasteiger partial charge in [-0.15, -0.1) is 0 Å². The highest BCUT2D eigenvalue weighted by Gasteiger charge is 2.09. The van der Waals surface area contributed by atoms with E-state index in [1.807, 2.05) is 0 Å². The molecule has 0 amide bonds. The molecule has 0 atom stereocenters.